The minimum Gasteiger partial charge on any atom is -0.411 e. The lowest BCUT2D eigenvalue weighted by Gasteiger charge is -2.58. The molecule has 150 valence electrons. The molecular formula is C23H36N2O2. The largest absolute Gasteiger partial charge is 0.411 e. The Morgan fingerprint density at radius 3 is 2.59 bits per heavy atom. The van der Waals surface area contributed by atoms with Crippen LogP contribution in [0.25, 0.3) is 0 Å². The van der Waals surface area contributed by atoms with Gasteiger partial charge in [0, 0.05) is 5.92 Å². The van der Waals surface area contributed by atoms with Crippen molar-refractivity contribution in [3.05, 3.63) is 11.6 Å². The Morgan fingerprint density at radius 2 is 1.93 bits per heavy atom. The molecule has 4 rings (SSSR count). The van der Waals surface area contributed by atoms with E-state index in [1.54, 1.807) is 0 Å². The average molecular weight is 373 g/mol. The predicted molar refractivity (Wildman–Crippen MR) is 108 cm³/mol. The fraction of sp³-hybridized carbons (Fsp3) is 0.826. The van der Waals surface area contributed by atoms with Gasteiger partial charge in [0.1, 0.15) is 0 Å². The first-order valence-electron chi connectivity index (χ1n) is 11.0. The van der Waals surface area contributed by atoms with E-state index in [0.717, 1.165) is 48.4 Å². The minimum absolute atomic E-state index is 0.276. The number of fused-ring (bicyclic) bond motifs is 5. The van der Waals surface area contributed by atoms with E-state index in [0.29, 0.717) is 11.8 Å². The summed E-state index contributed by atoms with van der Waals surface area (Å²) in [5.41, 5.74) is 3.90. The maximum Gasteiger partial charge on any atom is 0.0795 e. The Hall–Kier alpha value is -1.32. The summed E-state index contributed by atoms with van der Waals surface area (Å²) in [6.07, 6.45) is 11.6. The van der Waals surface area contributed by atoms with Crippen LogP contribution in [0.2, 0.25) is 0 Å². The van der Waals surface area contributed by atoms with Gasteiger partial charge in [0.05, 0.1) is 11.4 Å². The van der Waals surface area contributed by atoms with Gasteiger partial charge >= 0.3 is 0 Å². The maximum absolute atomic E-state index is 9.54. The molecule has 0 aromatic rings. The van der Waals surface area contributed by atoms with E-state index in [-0.39, 0.29) is 10.8 Å². The molecule has 0 aliphatic heterocycles. The zero-order valence-electron chi connectivity index (χ0n) is 17.4. The van der Waals surface area contributed by atoms with E-state index in [9.17, 15) is 10.4 Å². The summed E-state index contributed by atoms with van der Waals surface area (Å²) in [5, 5.41) is 25.9. The topological polar surface area (TPSA) is 65.2 Å². The molecule has 0 spiro atoms. The third-order valence-corrected chi connectivity index (χ3v) is 9.41. The second kappa shape index (κ2) is 6.63. The summed E-state index contributed by atoms with van der Waals surface area (Å²) in [5.74, 6) is 3.36. The first kappa shape index (κ1) is 19.0. The lowest BCUT2D eigenvalue weighted by atomic mass is 9.46. The molecule has 3 fully saturated rings. The summed E-state index contributed by atoms with van der Waals surface area (Å²) in [6.45, 7) is 9.32. The maximum atomic E-state index is 9.54. The third kappa shape index (κ3) is 2.61. The van der Waals surface area contributed by atoms with Crippen LogP contribution in [0, 0.1) is 40.4 Å². The molecule has 3 saturated carbocycles. The van der Waals surface area contributed by atoms with Crippen molar-refractivity contribution in [3.63, 3.8) is 0 Å². The Labute approximate surface area is 163 Å². The molecule has 0 radical (unpaired) electrons. The van der Waals surface area contributed by atoms with Gasteiger partial charge in [0.25, 0.3) is 0 Å². The highest BCUT2D eigenvalue weighted by atomic mass is 16.4. The number of allylic oxidation sites excluding steroid dienone is 2. The van der Waals surface area contributed by atoms with E-state index >= 15 is 0 Å². The van der Waals surface area contributed by atoms with E-state index in [1.165, 1.54) is 37.7 Å². The van der Waals surface area contributed by atoms with Gasteiger partial charge < -0.3 is 10.4 Å². The van der Waals surface area contributed by atoms with Gasteiger partial charge in [-0.25, -0.2) is 0 Å². The minimum atomic E-state index is 0.276. The lowest BCUT2D eigenvalue weighted by Crippen LogP contribution is -2.51. The van der Waals surface area contributed by atoms with E-state index in [4.69, 9.17) is 0 Å². The second-order valence-corrected chi connectivity index (χ2v) is 10.3. The Balaban J connectivity index is 1.68. The summed E-state index contributed by atoms with van der Waals surface area (Å²) >= 11 is 0. The van der Waals surface area contributed by atoms with Crippen molar-refractivity contribution in [2.75, 3.05) is 0 Å². The molecule has 2 N–H and O–H groups in total. The van der Waals surface area contributed by atoms with Gasteiger partial charge in [-0.15, -0.1) is 0 Å². The number of hydrogen-bond acceptors (Lipinski definition) is 4. The molecule has 0 heterocycles. The molecule has 0 saturated heterocycles. The number of nitrogens with zero attached hydrogens (tertiary/aromatic N) is 2. The molecule has 7 atom stereocenters. The van der Waals surface area contributed by atoms with Crippen molar-refractivity contribution in [1.29, 1.82) is 0 Å². The molecule has 27 heavy (non-hydrogen) atoms. The molecule has 4 heteroatoms. The summed E-state index contributed by atoms with van der Waals surface area (Å²) in [6, 6.07) is 0. The molecule has 0 aromatic carbocycles. The second-order valence-electron chi connectivity index (χ2n) is 10.3. The summed E-state index contributed by atoms with van der Waals surface area (Å²) < 4.78 is 0. The SMILES string of the molecule is CC[C@@H]1C[C@H]2[C@@H]3CCC4=C/C(=N\O)CC[C@]4(C)[C@H]3CC[C@]2(C)[C@H]1/C(C)=N/O. The first-order chi connectivity index (χ1) is 12.9. The zero-order valence-corrected chi connectivity index (χ0v) is 17.4. The molecule has 4 aliphatic carbocycles. The zero-order chi connectivity index (χ0) is 19.4. The number of oxime groups is 2. The van der Waals surface area contributed by atoms with Crippen molar-refractivity contribution >= 4 is 11.4 Å². The van der Waals surface area contributed by atoms with Crippen LogP contribution in [0.3, 0.4) is 0 Å². The monoisotopic (exact) mass is 372 g/mol. The van der Waals surface area contributed by atoms with Crippen molar-refractivity contribution in [3.8, 4) is 0 Å². The van der Waals surface area contributed by atoms with Crippen LogP contribution in [0.5, 0.6) is 0 Å². The quantitative estimate of drug-likeness (QED) is 0.361. The highest BCUT2D eigenvalue weighted by molar-refractivity contribution is 5.96. The molecule has 4 nitrogen and oxygen atoms in total. The van der Waals surface area contributed by atoms with E-state index in [2.05, 4.69) is 37.2 Å². The number of rotatable bonds is 2. The van der Waals surface area contributed by atoms with Crippen LogP contribution in [-0.4, -0.2) is 21.8 Å². The fourth-order valence-corrected chi connectivity index (χ4v) is 8.11. The van der Waals surface area contributed by atoms with Crippen LogP contribution >= 0.6 is 0 Å². The fourth-order valence-electron chi connectivity index (χ4n) is 8.11. The van der Waals surface area contributed by atoms with Crippen LogP contribution < -0.4 is 0 Å². The highest BCUT2D eigenvalue weighted by Crippen LogP contribution is 2.68. The van der Waals surface area contributed by atoms with Crippen LogP contribution in [-0.2, 0) is 0 Å². The molecule has 0 amide bonds. The molecule has 0 unspecified atom stereocenters. The van der Waals surface area contributed by atoms with Crippen molar-refractivity contribution < 1.29 is 10.4 Å². The lowest BCUT2D eigenvalue weighted by molar-refractivity contribution is -0.0412. The molecule has 0 aromatic heterocycles. The van der Waals surface area contributed by atoms with Gasteiger partial charge in [0.15, 0.2) is 0 Å². The highest BCUT2D eigenvalue weighted by Gasteiger charge is 2.61. The van der Waals surface area contributed by atoms with E-state index < -0.39 is 0 Å². The molecule has 4 aliphatic rings. The average Bonchev–Trinajstić information content (AvgIpc) is 2.99. The van der Waals surface area contributed by atoms with Crippen molar-refractivity contribution in [1.82, 2.24) is 0 Å². The van der Waals surface area contributed by atoms with Gasteiger partial charge in [-0.05, 0) is 92.4 Å². The third-order valence-electron chi connectivity index (χ3n) is 9.41. The Bertz CT molecular complexity index is 696. The summed E-state index contributed by atoms with van der Waals surface area (Å²) in [4.78, 5) is 0. The predicted octanol–water partition coefficient (Wildman–Crippen LogP) is 5.88. The van der Waals surface area contributed by atoms with Crippen LogP contribution in [0.4, 0.5) is 0 Å². The van der Waals surface area contributed by atoms with Crippen LogP contribution in [0.15, 0.2) is 22.0 Å². The van der Waals surface area contributed by atoms with E-state index in [1.807, 2.05) is 6.92 Å². The Kier molecular flexibility index (Phi) is 4.67. The normalized spacial score (nSPS) is 48.6. The van der Waals surface area contributed by atoms with Gasteiger partial charge in [0.2, 0.25) is 0 Å². The molecule has 0 bridgehead atoms. The smallest absolute Gasteiger partial charge is 0.0795 e. The molecular weight excluding hydrogens is 336 g/mol. The number of hydrogen-bond donors (Lipinski definition) is 2. The van der Waals surface area contributed by atoms with Gasteiger partial charge in [-0.1, -0.05) is 43.1 Å². The summed E-state index contributed by atoms with van der Waals surface area (Å²) in [7, 11) is 0. The first-order valence-corrected chi connectivity index (χ1v) is 11.0. The van der Waals surface area contributed by atoms with Crippen molar-refractivity contribution in [2.45, 2.75) is 79.1 Å². The van der Waals surface area contributed by atoms with Gasteiger partial charge in [-0.2, -0.15) is 0 Å². The van der Waals surface area contributed by atoms with Crippen molar-refractivity contribution in [2.24, 2.45) is 50.7 Å². The standard InChI is InChI=1S/C23H36N2O2/c1-5-15-12-20-18-7-6-16-13-17(25-27)8-10-22(16,3)19(18)9-11-23(20,4)21(15)14(2)24-26/h13,15,18-21,26-27H,5-12H2,1-4H3/b24-14+,25-17-/t15-,18-,19+,20+,21+,22+,23+/m1/s1. The van der Waals surface area contributed by atoms with Gasteiger partial charge in [-0.3, -0.25) is 0 Å². The van der Waals surface area contributed by atoms with Crippen LogP contribution in [0.1, 0.15) is 79.1 Å². The Morgan fingerprint density at radius 1 is 1.15 bits per heavy atom.